The monoisotopic (exact) mass is 247 g/mol. The normalized spacial score (nSPS) is 15.1. The predicted molar refractivity (Wildman–Crippen MR) is 69.6 cm³/mol. The van der Waals surface area contributed by atoms with E-state index >= 15 is 0 Å². The van der Waals surface area contributed by atoms with Crippen molar-refractivity contribution in [3.63, 3.8) is 0 Å². The molecule has 1 aromatic carbocycles. The Hall–Kier alpha value is -1.19. The molecule has 3 heteroatoms. The zero-order chi connectivity index (χ0) is 11.7. The molecule has 0 amide bonds. The second-order valence-electron chi connectivity index (χ2n) is 4.45. The van der Waals surface area contributed by atoms with Gasteiger partial charge in [-0.25, -0.2) is 4.39 Å². The summed E-state index contributed by atoms with van der Waals surface area (Å²) >= 11 is 1.58. The van der Waals surface area contributed by atoms with Crippen molar-refractivity contribution in [3.8, 4) is 10.4 Å². The Morgan fingerprint density at radius 1 is 1.29 bits per heavy atom. The van der Waals surface area contributed by atoms with E-state index in [1.54, 1.807) is 17.4 Å². The first kappa shape index (κ1) is 10.9. The average molecular weight is 247 g/mol. The van der Waals surface area contributed by atoms with Crippen LogP contribution in [-0.2, 0) is 6.54 Å². The number of rotatable bonds is 4. The molecule has 1 aliphatic rings. The summed E-state index contributed by atoms with van der Waals surface area (Å²) in [7, 11) is 0. The molecule has 17 heavy (non-hydrogen) atoms. The van der Waals surface area contributed by atoms with Gasteiger partial charge in [-0.15, -0.1) is 11.3 Å². The smallest absolute Gasteiger partial charge is 0.131 e. The standard InChI is InChI=1S/C14H14FNS/c15-13-6-3-10(9-16-11-4-5-11)8-12(13)14-2-1-7-17-14/h1-3,6-8,11,16H,4-5,9H2. The van der Waals surface area contributed by atoms with Crippen LogP contribution < -0.4 is 5.32 Å². The maximum atomic E-state index is 13.7. The number of hydrogen-bond acceptors (Lipinski definition) is 2. The number of thiophene rings is 1. The summed E-state index contributed by atoms with van der Waals surface area (Å²) < 4.78 is 13.7. The van der Waals surface area contributed by atoms with Crippen LogP contribution >= 0.6 is 11.3 Å². The van der Waals surface area contributed by atoms with Crippen LogP contribution in [0.3, 0.4) is 0 Å². The molecule has 3 rings (SSSR count). The van der Waals surface area contributed by atoms with Crippen LogP contribution in [0.5, 0.6) is 0 Å². The summed E-state index contributed by atoms with van der Waals surface area (Å²) in [4.78, 5) is 0.996. The molecular weight excluding hydrogens is 233 g/mol. The Labute approximate surface area is 104 Å². The zero-order valence-corrected chi connectivity index (χ0v) is 10.3. The Morgan fingerprint density at radius 2 is 2.18 bits per heavy atom. The number of hydrogen-bond donors (Lipinski definition) is 1. The highest BCUT2D eigenvalue weighted by Gasteiger charge is 2.20. The summed E-state index contributed by atoms with van der Waals surface area (Å²) in [6.07, 6.45) is 2.55. The fourth-order valence-corrected chi connectivity index (χ4v) is 2.60. The van der Waals surface area contributed by atoms with Crippen molar-refractivity contribution in [1.82, 2.24) is 5.32 Å². The summed E-state index contributed by atoms with van der Waals surface area (Å²) in [6.45, 7) is 0.837. The summed E-state index contributed by atoms with van der Waals surface area (Å²) in [6, 6.07) is 9.98. The van der Waals surface area contributed by atoms with Gasteiger partial charge in [0.15, 0.2) is 0 Å². The topological polar surface area (TPSA) is 12.0 Å². The fraction of sp³-hybridized carbons (Fsp3) is 0.286. The van der Waals surface area contributed by atoms with E-state index in [2.05, 4.69) is 5.32 Å². The van der Waals surface area contributed by atoms with Crippen LogP contribution in [-0.4, -0.2) is 6.04 Å². The molecule has 1 nitrogen and oxygen atoms in total. The maximum Gasteiger partial charge on any atom is 0.131 e. The largest absolute Gasteiger partial charge is 0.310 e. The van der Waals surface area contributed by atoms with Gasteiger partial charge in [0.1, 0.15) is 5.82 Å². The molecule has 0 aliphatic heterocycles. The minimum atomic E-state index is -0.136. The fourth-order valence-electron chi connectivity index (χ4n) is 1.85. The lowest BCUT2D eigenvalue weighted by atomic mass is 10.1. The molecule has 0 atom stereocenters. The van der Waals surface area contributed by atoms with Gasteiger partial charge >= 0.3 is 0 Å². The molecular formula is C14H14FNS. The lowest BCUT2D eigenvalue weighted by Gasteiger charge is -2.06. The first-order chi connectivity index (χ1) is 8.33. The van der Waals surface area contributed by atoms with Gasteiger partial charge in [0.05, 0.1) is 0 Å². The van der Waals surface area contributed by atoms with Crippen molar-refractivity contribution >= 4 is 11.3 Å². The van der Waals surface area contributed by atoms with E-state index in [4.69, 9.17) is 0 Å². The average Bonchev–Trinajstić information content (AvgIpc) is 3.01. The molecule has 1 N–H and O–H groups in total. The Bertz CT molecular complexity index is 503. The molecule has 0 unspecified atom stereocenters. The number of nitrogens with one attached hydrogen (secondary N) is 1. The van der Waals surface area contributed by atoms with Gasteiger partial charge in [-0.2, -0.15) is 0 Å². The van der Waals surface area contributed by atoms with Crippen molar-refractivity contribution in [2.45, 2.75) is 25.4 Å². The number of benzene rings is 1. The van der Waals surface area contributed by atoms with Gasteiger partial charge in [-0.3, -0.25) is 0 Å². The maximum absolute atomic E-state index is 13.7. The molecule has 1 saturated carbocycles. The predicted octanol–water partition coefficient (Wildman–Crippen LogP) is 3.81. The first-order valence-corrected chi connectivity index (χ1v) is 6.76. The third-order valence-electron chi connectivity index (χ3n) is 2.99. The lowest BCUT2D eigenvalue weighted by Crippen LogP contribution is -2.15. The van der Waals surface area contributed by atoms with E-state index in [1.807, 2.05) is 29.6 Å². The summed E-state index contributed by atoms with van der Waals surface area (Å²) in [5.74, 6) is -0.136. The SMILES string of the molecule is Fc1ccc(CNC2CC2)cc1-c1cccs1. The molecule has 0 bridgehead atoms. The molecule has 1 aromatic heterocycles. The molecule has 1 heterocycles. The second-order valence-corrected chi connectivity index (χ2v) is 5.39. The first-order valence-electron chi connectivity index (χ1n) is 5.88. The molecule has 0 spiro atoms. The van der Waals surface area contributed by atoms with Crippen molar-refractivity contribution in [2.24, 2.45) is 0 Å². The van der Waals surface area contributed by atoms with E-state index in [0.717, 1.165) is 22.5 Å². The summed E-state index contributed by atoms with van der Waals surface area (Å²) in [5, 5.41) is 5.42. The van der Waals surface area contributed by atoms with Crippen molar-refractivity contribution in [2.75, 3.05) is 0 Å². The lowest BCUT2D eigenvalue weighted by molar-refractivity contribution is 0.628. The highest BCUT2D eigenvalue weighted by atomic mass is 32.1. The molecule has 1 fully saturated rings. The van der Waals surface area contributed by atoms with Gasteiger partial charge in [0.25, 0.3) is 0 Å². The number of halogens is 1. The van der Waals surface area contributed by atoms with Crippen molar-refractivity contribution in [1.29, 1.82) is 0 Å². The van der Waals surface area contributed by atoms with E-state index in [0.29, 0.717) is 6.04 Å². The van der Waals surface area contributed by atoms with Gasteiger partial charge in [0, 0.05) is 23.0 Å². The van der Waals surface area contributed by atoms with E-state index in [9.17, 15) is 4.39 Å². The molecule has 1 aliphatic carbocycles. The van der Waals surface area contributed by atoms with E-state index < -0.39 is 0 Å². The minimum absolute atomic E-state index is 0.136. The van der Waals surface area contributed by atoms with E-state index in [1.165, 1.54) is 12.8 Å². The zero-order valence-electron chi connectivity index (χ0n) is 9.45. The highest BCUT2D eigenvalue weighted by molar-refractivity contribution is 7.13. The highest BCUT2D eigenvalue weighted by Crippen LogP contribution is 2.28. The van der Waals surface area contributed by atoms with Gasteiger partial charge in [-0.1, -0.05) is 12.1 Å². The van der Waals surface area contributed by atoms with Crippen LogP contribution in [0.4, 0.5) is 4.39 Å². The van der Waals surface area contributed by atoms with E-state index in [-0.39, 0.29) is 5.82 Å². The summed E-state index contributed by atoms with van der Waals surface area (Å²) in [5.41, 5.74) is 1.87. The molecule has 0 saturated heterocycles. The van der Waals surface area contributed by atoms with Crippen LogP contribution in [0.1, 0.15) is 18.4 Å². The Kier molecular flexibility index (Phi) is 2.95. The quantitative estimate of drug-likeness (QED) is 0.866. The Balaban J connectivity index is 1.83. The molecule has 2 aromatic rings. The third-order valence-corrected chi connectivity index (χ3v) is 3.89. The van der Waals surface area contributed by atoms with Gasteiger partial charge in [-0.05, 0) is 42.0 Å². The Morgan fingerprint density at radius 3 is 2.88 bits per heavy atom. The van der Waals surface area contributed by atoms with Crippen molar-refractivity contribution < 1.29 is 4.39 Å². The molecule has 88 valence electrons. The van der Waals surface area contributed by atoms with Crippen molar-refractivity contribution in [3.05, 3.63) is 47.1 Å². The van der Waals surface area contributed by atoms with Gasteiger partial charge in [0.2, 0.25) is 0 Å². The van der Waals surface area contributed by atoms with Crippen LogP contribution in [0.2, 0.25) is 0 Å². The third kappa shape index (κ3) is 2.56. The minimum Gasteiger partial charge on any atom is -0.310 e. The van der Waals surface area contributed by atoms with Crippen LogP contribution in [0.15, 0.2) is 35.7 Å². The molecule has 0 radical (unpaired) electrons. The second kappa shape index (κ2) is 4.59. The van der Waals surface area contributed by atoms with Gasteiger partial charge < -0.3 is 5.32 Å². The van der Waals surface area contributed by atoms with Crippen LogP contribution in [0, 0.1) is 5.82 Å². The van der Waals surface area contributed by atoms with Crippen LogP contribution in [0.25, 0.3) is 10.4 Å².